The molecule has 0 saturated carbocycles. The molecule has 0 unspecified atom stereocenters. The molecule has 0 aliphatic heterocycles. The van der Waals surface area contributed by atoms with Gasteiger partial charge in [0.25, 0.3) is 0 Å². The molecule has 0 aliphatic rings. The number of hydrogen-bond donors (Lipinski definition) is 1. The van der Waals surface area contributed by atoms with Crippen molar-refractivity contribution in [3.8, 4) is 0 Å². The zero-order valence-electron chi connectivity index (χ0n) is 6.63. The summed E-state index contributed by atoms with van der Waals surface area (Å²) in [7, 11) is 0. The first-order valence-electron chi connectivity index (χ1n) is 2.97. The van der Waals surface area contributed by atoms with Crippen LogP contribution in [0.4, 0.5) is 0 Å². The molecule has 0 aromatic rings. The van der Waals surface area contributed by atoms with Crippen LogP contribution in [0.2, 0.25) is 0 Å². The summed E-state index contributed by atoms with van der Waals surface area (Å²) in [6.07, 6.45) is 0.250. The van der Waals surface area contributed by atoms with Crippen molar-refractivity contribution in [2.75, 3.05) is 6.61 Å². The van der Waals surface area contributed by atoms with Gasteiger partial charge in [0, 0.05) is 0 Å². The Bertz CT molecular complexity index is 97.9. The highest BCUT2D eigenvalue weighted by Crippen LogP contribution is 1.76. The molecule has 10 heavy (non-hydrogen) atoms. The first-order valence-corrected chi connectivity index (χ1v) is 2.97. The maximum Gasteiger partial charge on any atom is 0.204 e. The van der Waals surface area contributed by atoms with Crippen molar-refractivity contribution < 1.29 is 9.63 Å². The van der Waals surface area contributed by atoms with Crippen LogP contribution in [0.15, 0.2) is 5.16 Å². The maximum atomic E-state index is 8.58. The number of carbonyl (C=O) groups is 1. The van der Waals surface area contributed by atoms with Gasteiger partial charge in [0.1, 0.15) is 6.61 Å². The Balaban J connectivity index is 0. The molecule has 4 heteroatoms. The first kappa shape index (κ1) is 11.7. The van der Waals surface area contributed by atoms with Crippen LogP contribution in [0.1, 0.15) is 20.8 Å². The van der Waals surface area contributed by atoms with Crippen LogP contribution in [-0.2, 0) is 9.63 Å². The lowest BCUT2D eigenvalue weighted by Crippen LogP contribution is -1.84. The van der Waals surface area contributed by atoms with Crippen LogP contribution in [0.3, 0.4) is 0 Å². The van der Waals surface area contributed by atoms with Gasteiger partial charge in [-0.3, -0.25) is 4.79 Å². The molecule has 0 atom stereocenters. The fourth-order valence-electron chi connectivity index (χ4n) is 0.194. The Labute approximate surface area is 61.0 Å². The van der Waals surface area contributed by atoms with Crippen LogP contribution >= 0.6 is 0 Å². The molecule has 0 bridgehead atoms. The van der Waals surface area contributed by atoms with Gasteiger partial charge in [-0.05, 0) is 20.8 Å². The Morgan fingerprint density at radius 1 is 1.70 bits per heavy atom. The highest BCUT2D eigenvalue weighted by atomic mass is 16.6. The monoisotopic (exact) mass is 146 g/mol. The number of primary amides is 1. The number of carbonyl (C=O) groups excluding carboxylic acids is 1. The fraction of sp³-hybridized carbons (Fsp3) is 0.667. The number of rotatable bonds is 2. The van der Waals surface area contributed by atoms with Crippen molar-refractivity contribution in [2.45, 2.75) is 20.8 Å². The molecule has 0 aromatic carbocycles. The van der Waals surface area contributed by atoms with E-state index in [0.29, 0.717) is 6.61 Å². The molecule has 0 aromatic heterocycles. The summed E-state index contributed by atoms with van der Waals surface area (Å²) < 4.78 is 0. The van der Waals surface area contributed by atoms with Gasteiger partial charge in [0.2, 0.25) is 6.41 Å². The first-order chi connectivity index (χ1) is 4.68. The van der Waals surface area contributed by atoms with Crippen molar-refractivity contribution in [2.24, 2.45) is 10.9 Å². The van der Waals surface area contributed by atoms with Crippen molar-refractivity contribution in [1.82, 2.24) is 0 Å². The third-order valence-electron chi connectivity index (χ3n) is 0.376. The average molecular weight is 146 g/mol. The summed E-state index contributed by atoms with van der Waals surface area (Å²) >= 11 is 0. The van der Waals surface area contributed by atoms with Crippen molar-refractivity contribution in [1.29, 1.82) is 0 Å². The molecule has 0 heterocycles. The van der Waals surface area contributed by atoms with Crippen molar-refractivity contribution in [3.05, 3.63) is 0 Å². The van der Waals surface area contributed by atoms with E-state index < -0.39 is 0 Å². The van der Waals surface area contributed by atoms with Gasteiger partial charge >= 0.3 is 0 Å². The van der Waals surface area contributed by atoms with Crippen molar-refractivity contribution >= 4 is 12.1 Å². The summed E-state index contributed by atoms with van der Waals surface area (Å²) in [4.78, 5) is 13.3. The van der Waals surface area contributed by atoms with E-state index in [9.17, 15) is 0 Å². The summed E-state index contributed by atoms with van der Waals surface area (Å²) in [6.45, 7) is 6.36. The molecular weight excluding hydrogens is 132 g/mol. The molecule has 60 valence electrons. The van der Waals surface area contributed by atoms with E-state index in [1.54, 1.807) is 0 Å². The minimum atomic E-state index is 0.250. The smallest absolute Gasteiger partial charge is 0.204 e. The molecule has 0 rings (SSSR count). The van der Waals surface area contributed by atoms with Gasteiger partial charge in [-0.15, -0.1) is 0 Å². The lowest BCUT2D eigenvalue weighted by Gasteiger charge is -1.89. The molecule has 4 nitrogen and oxygen atoms in total. The van der Waals surface area contributed by atoms with Crippen LogP contribution in [0, 0.1) is 0 Å². The topological polar surface area (TPSA) is 64.7 Å². The molecule has 0 fully saturated rings. The summed E-state index contributed by atoms with van der Waals surface area (Å²) in [6, 6.07) is 0. The number of nitrogens with zero attached hydrogens (tertiary/aromatic N) is 1. The van der Waals surface area contributed by atoms with Crippen LogP contribution < -0.4 is 5.73 Å². The highest BCUT2D eigenvalue weighted by Gasteiger charge is 1.73. The quantitative estimate of drug-likeness (QED) is 0.350. The van der Waals surface area contributed by atoms with Gasteiger partial charge in [0.15, 0.2) is 0 Å². The molecular formula is C6H14N2O2. The van der Waals surface area contributed by atoms with Crippen LogP contribution in [0.5, 0.6) is 0 Å². The van der Waals surface area contributed by atoms with Gasteiger partial charge in [-0.2, -0.15) is 0 Å². The van der Waals surface area contributed by atoms with Crippen molar-refractivity contribution in [3.63, 3.8) is 0 Å². The zero-order chi connectivity index (χ0) is 8.41. The summed E-state index contributed by atoms with van der Waals surface area (Å²) in [5, 5.41) is 3.66. The zero-order valence-corrected chi connectivity index (χ0v) is 6.63. The highest BCUT2D eigenvalue weighted by molar-refractivity contribution is 5.78. The molecule has 1 amide bonds. The predicted octanol–water partition coefficient (Wildman–Crippen LogP) is 0.520. The second kappa shape index (κ2) is 10.8. The van der Waals surface area contributed by atoms with E-state index in [2.05, 4.69) is 15.7 Å². The summed E-state index contributed by atoms with van der Waals surface area (Å²) in [5.41, 5.74) is 5.13. The lowest BCUT2D eigenvalue weighted by molar-refractivity contribution is -0.106. The predicted molar refractivity (Wildman–Crippen MR) is 40.7 cm³/mol. The summed E-state index contributed by atoms with van der Waals surface area (Å²) in [5.74, 6) is 0. The van der Waals surface area contributed by atoms with E-state index in [-0.39, 0.29) is 6.41 Å². The van der Waals surface area contributed by atoms with E-state index >= 15 is 0 Å². The van der Waals surface area contributed by atoms with Gasteiger partial charge < -0.3 is 10.6 Å². The second-order valence-corrected chi connectivity index (χ2v) is 1.59. The second-order valence-electron chi connectivity index (χ2n) is 1.59. The largest absolute Gasteiger partial charge is 0.396 e. The van der Waals surface area contributed by atoms with E-state index in [4.69, 9.17) is 4.79 Å². The number of hydrogen-bond acceptors (Lipinski definition) is 3. The Morgan fingerprint density at radius 3 is 2.20 bits per heavy atom. The standard InChI is InChI=1S/C5H11NO.CH3NO/c1-4-7-6-5(2)3;2-1-3/h4H2,1-3H3;1H,(H2,2,3). The van der Waals surface area contributed by atoms with E-state index in [1.807, 2.05) is 20.8 Å². The van der Waals surface area contributed by atoms with E-state index in [0.717, 1.165) is 5.71 Å². The van der Waals surface area contributed by atoms with Crippen LogP contribution in [0.25, 0.3) is 0 Å². The molecule has 0 spiro atoms. The minimum Gasteiger partial charge on any atom is -0.396 e. The average Bonchev–Trinajstić information content (AvgIpc) is 1.85. The lowest BCUT2D eigenvalue weighted by atomic mass is 10.5. The number of amides is 1. The normalized spacial score (nSPS) is 6.70. The third kappa shape index (κ3) is 28.3. The van der Waals surface area contributed by atoms with Crippen LogP contribution in [-0.4, -0.2) is 18.7 Å². The third-order valence-corrected chi connectivity index (χ3v) is 0.376. The Morgan fingerprint density at radius 2 is 2.10 bits per heavy atom. The van der Waals surface area contributed by atoms with Gasteiger partial charge in [-0.1, -0.05) is 5.16 Å². The minimum absolute atomic E-state index is 0.250. The molecule has 0 saturated heterocycles. The Kier molecular flexibility index (Phi) is 12.7. The number of oxime groups is 1. The molecule has 2 N–H and O–H groups in total. The van der Waals surface area contributed by atoms with Gasteiger partial charge in [-0.25, -0.2) is 0 Å². The maximum absolute atomic E-state index is 8.58. The number of nitrogens with two attached hydrogens (primary N) is 1. The molecule has 0 aliphatic carbocycles. The Hall–Kier alpha value is -1.06. The van der Waals surface area contributed by atoms with E-state index in [1.165, 1.54) is 0 Å². The fourth-order valence-corrected chi connectivity index (χ4v) is 0.194. The SMILES string of the molecule is CCON=C(C)C.NC=O. The van der Waals surface area contributed by atoms with Gasteiger partial charge in [0.05, 0.1) is 5.71 Å². The molecule has 0 radical (unpaired) electrons.